The van der Waals surface area contributed by atoms with Crippen molar-refractivity contribution in [2.24, 2.45) is 17.6 Å². The summed E-state index contributed by atoms with van der Waals surface area (Å²) < 4.78 is 5.42. The van der Waals surface area contributed by atoms with Gasteiger partial charge in [0.25, 0.3) is 0 Å². The second kappa shape index (κ2) is 6.18. The van der Waals surface area contributed by atoms with Crippen LogP contribution in [0.2, 0.25) is 0 Å². The summed E-state index contributed by atoms with van der Waals surface area (Å²) in [6, 6.07) is 0.299. The fourth-order valence-electron chi connectivity index (χ4n) is 2.57. The van der Waals surface area contributed by atoms with Crippen molar-refractivity contribution in [3.63, 3.8) is 0 Å². The molecule has 0 bridgehead atoms. The minimum Gasteiger partial charge on any atom is -0.406 e. The Bertz CT molecular complexity index is 356. The van der Waals surface area contributed by atoms with Gasteiger partial charge in [-0.3, -0.25) is 0 Å². The first kappa shape index (κ1) is 13.3. The molecule has 0 aliphatic heterocycles. The quantitative estimate of drug-likeness (QED) is 0.842. The van der Waals surface area contributed by atoms with Gasteiger partial charge in [-0.05, 0) is 31.6 Å². The molecule has 0 spiro atoms. The van der Waals surface area contributed by atoms with E-state index >= 15 is 0 Å². The van der Waals surface area contributed by atoms with Crippen LogP contribution in [0.25, 0.3) is 0 Å². The van der Waals surface area contributed by atoms with E-state index in [9.17, 15) is 0 Å². The Kier molecular flexibility index (Phi) is 4.58. The van der Waals surface area contributed by atoms with Crippen LogP contribution in [0.1, 0.15) is 57.9 Å². The van der Waals surface area contributed by atoms with Gasteiger partial charge in [-0.15, -0.1) is 5.10 Å². The van der Waals surface area contributed by atoms with Crippen molar-refractivity contribution in [1.29, 1.82) is 0 Å². The molecule has 0 aromatic carbocycles. The lowest BCUT2D eigenvalue weighted by Crippen LogP contribution is -2.21. The molecule has 0 radical (unpaired) electrons. The number of anilines is 1. The summed E-state index contributed by atoms with van der Waals surface area (Å²) in [6.45, 7) is 5.05. The Balaban J connectivity index is 1.74. The number of nitrogens with one attached hydrogen (secondary N) is 1. The van der Waals surface area contributed by atoms with Crippen LogP contribution in [0.5, 0.6) is 0 Å². The maximum atomic E-state index is 5.67. The normalized spacial score (nSPS) is 25.9. The molecule has 102 valence electrons. The van der Waals surface area contributed by atoms with Gasteiger partial charge in [0, 0.05) is 6.54 Å². The van der Waals surface area contributed by atoms with E-state index in [-0.39, 0.29) is 6.04 Å². The molecule has 1 saturated carbocycles. The highest BCUT2D eigenvalue weighted by Crippen LogP contribution is 2.30. The van der Waals surface area contributed by atoms with Gasteiger partial charge < -0.3 is 15.5 Å². The largest absolute Gasteiger partial charge is 0.406 e. The summed E-state index contributed by atoms with van der Waals surface area (Å²) in [6.07, 6.45) is 6.65. The summed E-state index contributed by atoms with van der Waals surface area (Å²) >= 11 is 0. The summed E-state index contributed by atoms with van der Waals surface area (Å²) in [7, 11) is 0. The van der Waals surface area contributed by atoms with Crippen molar-refractivity contribution in [2.45, 2.75) is 52.0 Å². The minimum atomic E-state index is -0.201. The third kappa shape index (κ3) is 3.45. The van der Waals surface area contributed by atoms with E-state index in [1.165, 1.54) is 32.1 Å². The average Bonchev–Trinajstić information content (AvgIpc) is 2.86. The van der Waals surface area contributed by atoms with Crippen LogP contribution in [0.15, 0.2) is 4.42 Å². The van der Waals surface area contributed by atoms with Crippen molar-refractivity contribution in [3.05, 3.63) is 5.89 Å². The van der Waals surface area contributed by atoms with Gasteiger partial charge >= 0.3 is 6.01 Å². The topological polar surface area (TPSA) is 77.0 Å². The first-order chi connectivity index (χ1) is 8.69. The summed E-state index contributed by atoms with van der Waals surface area (Å²) in [5.41, 5.74) is 5.67. The van der Waals surface area contributed by atoms with E-state index in [1.807, 2.05) is 6.92 Å². The molecule has 1 heterocycles. The molecule has 0 amide bonds. The van der Waals surface area contributed by atoms with Gasteiger partial charge in [0.15, 0.2) is 0 Å². The van der Waals surface area contributed by atoms with Crippen LogP contribution in [0.3, 0.4) is 0 Å². The molecule has 1 aromatic heterocycles. The standard InChI is InChI=1S/C13H24N4O/c1-3-10-4-6-11(7-5-10)8-15-13-17-16-12(18-13)9(2)14/h9-11H,3-8,14H2,1-2H3,(H,15,17). The number of nitrogens with two attached hydrogens (primary N) is 1. The zero-order valence-electron chi connectivity index (χ0n) is 11.4. The third-order valence-electron chi connectivity index (χ3n) is 3.92. The van der Waals surface area contributed by atoms with E-state index < -0.39 is 0 Å². The molecule has 5 heteroatoms. The molecule has 5 nitrogen and oxygen atoms in total. The molecular weight excluding hydrogens is 228 g/mol. The van der Waals surface area contributed by atoms with Crippen LogP contribution in [-0.4, -0.2) is 16.7 Å². The lowest BCUT2D eigenvalue weighted by atomic mass is 9.81. The second-order valence-corrected chi connectivity index (χ2v) is 5.41. The van der Waals surface area contributed by atoms with Crippen molar-refractivity contribution >= 4 is 6.01 Å². The van der Waals surface area contributed by atoms with Crippen molar-refractivity contribution < 1.29 is 4.42 Å². The minimum absolute atomic E-state index is 0.201. The molecule has 1 unspecified atom stereocenters. The van der Waals surface area contributed by atoms with Crippen molar-refractivity contribution in [3.8, 4) is 0 Å². The third-order valence-corrected chi connectivity index (χ3v) is 3.92. The molecule has 1 aromatic rings. The smallest absolute Gasteiger partial charge is 0.315 e. The second-order valence-electron chi connectivity index (χ2n) is 5.41. The van der Waals surface area contributed by atoms with Crippen LogP contribution in [0, 0.1) is 11.8 Å². The first-order valence-corrected chi connectivity index (χ1v) is 7.01. The monoisotopic (exact) mass is 252 g/mol. The highest BCUT2D eigenvalue weighted by atomic mass is 16.4. The first-order valence-electron chi connectivity index (χ1n) is 7.01. The van der Waals surface area contributed by atoms with E-state index in [2.05, 4.69) is 22.4 Å². The van der Waals surface area contributed by atoms with E-state index in [1.54, 1.807) is 0 Å². The Morgan fingerprint density at radius 3 is 2.50 bits per heavy atom. The Labute approximate surface area is 109 Å². The lowest BCUT2D eigenvalue weighted by Gasteiger charge is -2.27. The molecule has 1 atom stereocenters. The number of rotatable bonds is 5. The highest BCUT2D eigenvalue weighted by Gasteiger charge is 2.20. The maximum Gasteiger partial charge on any atom is 0.315 e. The molecule has 1 fully saturated rings. The SMILES string of the molecule is CCC1CCC(CNc2nnc(C(C)N)o2)CC1. The van der Waals surface area contributed by atoms with Crippen molar-refractivity contribution in [2.75, 3.05) is 11.9 Å². The van der Waals surface area contributed by atoms with E-state index in [0.29, 0.717) is 11.9 Å². The molecular formula is C13H24N4O. The van der Waals surface area contributed by atoms with E-state index in [4.69, 9.17) is 10.2 Å². The van der Waals surface area contributed by atoms with Gasteiger partial charge in [0.1, 0.15) is 0 Å². The predicted octanol–water partition coefficient (Wildman–Crippen LogP) is 2.72. The number of hydrogen-bond acceptors (Lipinski definition) is 5. The van der Waals surface area contributed by atoms with Gasteiger partial charge in [-0.25, -0.2) is 0 Å². The summed E-state index contributed by atoms with van der Waals surface area (Å²) in [5, 5.41) is 11.1. The van der Waals surface area contributed by atoms with Crippen LogP contribution in [-0.2, 0) is 0 Å². The van der Waals surface area contributed by atoms with Gasteiger partial charge in [0.2, 0.25) is 5.89 Å². The zero-order chi connectivity index (χ0) is 13.0. The van der Waals surface area contributed by atoms with Gasteiger partial charge in [-0.1, -0.05) is 31.3 Å². The fraction of sp³-hybridized carbons (Fsp3) is 0.846. The summed E-state index contributed by atoms with van der Waals surface area (Å²) in [4.78, 5) is 0. The molecule has 0 saturated heterocycles. The average molecular weight is 252 g/mol. The van der Waals surface area contributed by atoms with Crippen LogP contribution >= 0.6 is 0 Å². The Morgan fingerprint density at radius 2 is 1.94 bits per heavy atom. The number of nitrogens with zero attached hydrogens (tertiary/aromatic N) is 2. The van der Waals surface area contributed by atoms with Gasteiger partial charge in [0.05, 0.1) is 6.04 Å². The van der Waals surface area contributed by atoms with E-state index in [0.717, 1.165) is 18.4 Å². The highest BCUT2D eigenvalue weighted by molar-refractivity contribution is 5.17. The Morgan fingerprint density at radius 1 is 1.28 bits per heavy atom. The van der Waals surface area contributed by atoms with Crippen LogP contribution in [0.4, 0.5) is 6.01 Å². The van der Waals surface area contributed by atoms with Gasteiger partial charge in [-0.2, -0.15) is 0 Å². The number of hydrogen-bond donors (Lipinski definition) is 2. The zero-order valence-corrected chi connectivity index (χ0v) is 11.4. The molecule has 3 N–H and O–H groups in total. The maximum absolute atomic E-state index is 5.67. The molecule has 18 heavy (non-hydrogen) atoms. The molecule has 1 aliphatic rings. The predicted molar refractivity (Wildman–Crippen MR) is 71.1 cm³/mol. The lowest BCUT2D eigenvalue weighted by molar-refractivity contribution is 0.277. The molecule has 1 aliphatic carbocycles. The Hall–Kier alpha value is -1.10. The van der Waals surface area contributed by atoms with Crippen LogP contribution < -0.4 is 11.1 Å². The van der Waals surface area contributed by atoms with Crippen molar-refractivity contribution in [1.82, 2.24) is 10.2 Å². The molecule has 2 rings (SSSR count). The number of aromatic nitrogens is 2. The fourth-order valence-corrected chi connectivity index (χ4v) is 2.57. The summed E-state index contributed by atoms with van der Waals surface area (Å²) in [5.74, 6) is 2.17.